The van der Waals surface area contributed by atoms with E-state index < -0.39 is 4.75 Å². The van der Waals surface area contributed by atoms with Crippen LogP contribution in [0.4, 0.5) is 0 Å². The lowest BCUT2D eigenvalue weighted by molar-refractivity contribution is 0.0490. The minimum atomic E-state index is -0.547. The second-order valence-corrected chi connectivity index (χ2v) is 9.70. The van der Waals surface area contributed by atoms with Gasteiger partial charge < -0.3 is 4.74 Å². The number of thiazole rings is 1. The van der Waals surface area contributed by atoms with Crippen LogP contribution in [-0.2, 0) is 9.48 Å². The molecule has 0 bridgehead atoms. The summed E-state index contributed by atoms with van der Waals surface area (Å²) in [5.41, 5.74) is 5.54. The maximum atomic E-state index is 12.8. The van der Waals surface area contributed by atoms with Gasteiger partial charge in [-0.2, -0.15) is 0 Å². The van der Waals surface area contributed by atoms with Gasteiger partial charge in [0.15, 0.2) is 5.69 Å². The highest BCUT2D eigenvalue weighted by molar-refractivity contribution is 8.02. The van der Waals surface area contributed by atoms with E-state index in [1.165, 1.54) is 11.3 Å². The monoisotopic (exact) mass is 459 g/mol. The molecular weight excluding hydrogens is 434 g/mol. The molecule has 0 atom stereocenters. The van der Waals surface area contributed by atoms with Crippen molar-refractivity contribution in [3.63, 3.8) is 0 Å². The summed E-state index contributed by atoms with van der Waals surface area (Å²) in [6.07, 6.45) is 1.82. The molecule has 1 aromatic heterocycles. The zero-order valence-electron chi connectivity index (χ0n) is 17.9. The molecular formula is C27H25NO2S2. The van der Waals surface area contributed by atoms with Crippen LogP contribution < -0.4 is 0 Å². The second kappa shape index (κ2) is 10.6. The van der Waals surface area contributed by atoms with Gasteiger partial charge in [-0.15, -0.1) is 11.3 Å². The van der Waals surface area contributed by atoms with Crippen LogP contribution >= 0.6 is 23.1 Å². The highest BCUT2D eigenvalue weighted by Crippen LogP contribution is 2.53. The first-order valence-electron chi connectivity index (χ1n) is 10.7. The first kappa shape index (κ1) is 22.3. The Bertz CT molecular complexity index is 1030. The number of unbranched alkanes of at least 4 members (excludes halogenated alkanes) is 1. The third-order valence-corrected chi connectivity index (χ3v) is 7.79. The largest absolute Gasteiger partial charge is 0.461 e. The fourth-order valence-electron chi connectivity index (χ4n) is 3.66. The summed E-state index contributed by atoms with van der Waals surface area (Å²) in [6, 6.07) is 31.3. The number of esters is 1. The van der Waals surface area contributed by atoms with E-state index in [0.29, 0.717) is 12.3 Å². The van der Waals surface area contributed by atoms with Crippen molar-refractivity contribution in [3.8, 4) is 0 Å². The number of ether oxygens (including phenoxy) is 1. The van der Waals surface area contributed by atoms with Crippen molar-refractivity contribution in [1.29, 1.82) is 0 Å². The molecule has 4 aromatic rings. The molecule has 0 unspecified atom stereocenters. The molecule has 5 heteroatoms. The van der Waals surface area contributed by atoms with E-state index >= 15 is 0 Å². The molecule has 0 radical (unpaired) electrons. The summed E-state index contributed by atoms with van der Waals surface area (Å²) in [5, 5.41) is 0. The van der Waals surface area contributed by atoms with Crippen LogP contribution in [-0.4, -0.2) is 17.6 Å². The summed E-state index contributed by atoms with van der Waals surface area (Å²) in [7, 11) is 0. The molecule has 3 nitrogen and oxygen atoms in total. The van der Waals surface area contributed by atoms with Gasteiger partial charge in [0.1, 0.15) is 0 Å². The highest BCUT2D eigenvalue weighted by Gasteiger charge is 2.39. The van der Waals surface area contributed by atoms with Crippen molar-refractivity contribution >= 4 is 29.1 Å². The van der Waals surface area contributed by atoms with Crippen LogP contribution in [0.25, 0.3) is 0 Å². The Kier molecular flexibility index (Phi) is 7.40. The van der Waals surface area contributed by atoms with E-state index in [1.54, 1.807) is 17.3 Å². The molecule has 0 spiro atoms. The summed E-state index contributed by atoms with van der Waals surface area (Å²) >= 11 is 3.13. The molecule has 0 aliphatic heterocycles. The van der Waals surface area contributed by atoms with Crippen molar-refractivity contribution < 1.29 is 9.53 Å². The lowest BCUT2D eigenvalue weighted by Gasteiger charge is -2.35. The SMILES string of the molecule is CCCCOC(=O)c1ncsc1SC(c1ccccc1)(c1ccccc1)c1ccccc1. The van der Waals surface area contributed by atoms with E-state index in [4.69, 9.17) is 4.74 Å². The predicted molar refractivity (Wildman–Crippen MR) is 132 cm³/mol. The number of carbonyl (C=O) groups is 1. The number of nitrogens with zero attached hydrogens (tertiary/aromatic N) is 1. The third kappa shape index (κ3) is 4.64. The van der Waals surface area contributed by atoms with Crippen LogP contribution in [0.1, 0.15) is 46.9 Å². The maximum absolute atomic E-state index is 12.8. The number of thioether (sulfide) groups is 1. The van der Waals surface area contributed by atoms with Gasteiger partial charge in [-0.25, -0.2) is 9.78 Å². The molecule has 0 fully saturated rings. The fourth-order valence-corrected chi connectivity index (χ4v) is 6.13. The quantitative estimate of drug-likeness (QED) is 0.115. The van der Waals surface area contributed by atoms with Gasteiger partial charge in [0.05, 0.1) is 21.1 Å². The van der Waals surface area contributed by atoms with Gasteiger partial charge in [0, 0.05) is 0 Å². The molecule has 0 aliphatic rings. The fraction of sp³-hybridized carbons (Fsp3) is 0.185. The molecule has 0 saturated heterocycles. The average Bonchev–Trinajstić information content (AvgIpc) is 3.32. The van der Waals surface area contributed by atoms with E-state index in [9.17, 15) is 4.79 Å². The molecule has 0 amide bonds. The van der Waals surface area contributed by atoms with Gasteiger partial charge in [0.25, 0.3) is 0 Å². The maximum Gasteiger partial charge on any atom is 0.359 e. The van der Waals surface area contributed by atoms with Crippen molar-refractivity contribution in [2.75, 3.05) is 6.61 Å². The Balaban J connectivity index is 1.85. The van der Waals surface area contributed by atoms with Crippen LogP contribution in [0.3, 0.4) is 0 Å². The van der Waals surface area contributed by atoms with Crippen LogP contribution in [0.5, 0.6) is 0 Å². The number of rotatable bonds is 9. The topological polar surface area (TPSA) is 39.2 Å². The van der Waals surface area contributed by atoms with Crippen molar-refractivity contribution in [3.05, 3.63) is 119 Å². The minimum absolute atomic E-state index is 0.356. The van der Waals surface area contributed by atoms with Crippen LogP contribution in [0.2, 0.25) is 0 Å². The van der Waals surface area contributed by atoms with Crippen molar-refractivity contribution in [1.82, 2.24) is 4.98 Å². The molecule has 0 aliphatic carbocycles. The average molecular weight is 460 g/mol. The summed E-state index contributed by atoms with van der Waals surface area (Å²) < 4.78 is 5.79. The first-order chi connectivity index (χ1) is 15.8. The molecule has 0 saturated carbocycles. The number of hydrogen-bond acceptors (Lipinski definition) is 5. The van der Waals surface area contributed by atoms with Gasteiger partial charge in [-0.3, -0.25) is 0 Å². The van der Waals surface area contributed by atoms with Gasteiger partial charge in [0.2, 0.25) is 0 Å². The van der Waals surface area contributed by atoms with E-state index in [1.807, 2.05) is 18.2 Å². The zero-order chi connectivity index (χ0) is 22.2. The third-order valence-electron chi connectivity index (χ3n) is 5.25. The molecule has 1 heterocycles. The number of hydrogen-bond donors (Lipinski definition) is 0. The second-order valence-electron chi connectivity index (χ2n) is 7.36. The Labute approximate surface area is 197 Å². The molecule has 32 heavy (non-hydrogen) atoms. The Morgan fingerprint density at radius 2 is 1.38 bits per heavy atom. The standard InChI is InChI=1S/C27H25NO2S2/c1-2-3-19-30-25(29)24-26(31-20-28-24)32-27(21-13-7-4-8-14-21,22-15-9-5-10-16-22)23-17-11-6-12-18-23/h4-18,20H,2-3,19H2,1H3. The molecule has 4 rings (SSSR count). The predicted octanol–water partition coefficient (Wildman–Crippen LogP) is 7.18. The van der Waals surface area contributed by atoms with E-state index in [-0.39, 0.29) is 5.97 Å². The van der Waals surface area contributed by atoms with Gasteiger partial charge >= 0.3 is 5.97 Å². The molecule has 3 aromatic carbocycles. The Morgan fingerprint density at radius 3 is 1.84 bits per heavy atom. The van der Waals surface area contributed by atoms with Crippen LogP contribution in [0, 0.1) is 0 Å². The van der Waals surface area contributed by atoms with E-state index in [2.05, 4.69) is 84.7 Å². The zero-order valence-corrected chi connectivity index (χ0v) is 19.6. The number of benzene rings is 3. The lowest BCUT2D eigenvalue weighted by atomic mass is 9.84. The summed E-state index contributed by atoms with van der Waals surface area (Å²) in [6.45, 7) is 2.49. The number of carbonyl (C=O) groups excluding carboxylic acids is 1. The normalized spacial score (nSPS) is 11.3. The van der Waals surface area contributed by atoms with Gasteiger partial charge in [-0.05, 0) is 23.1 Å². The van der Waals surface area contributed by atoms with E-state index in [0.717, 1.165) is 33.7 Å². The highest BCUT2D eigenvalue weighted by atomic mass is 32.2. The minimum Gasteiger partial charge on any atom is -0.461 e. The Hall–Kier alpha value is -2.89. The summed E-state index contributed by atoms with van der Waals surface area (Å²) in [4.78, 5) is 17.2. The lowest BCUT2D eigenvalue weighted by Crippen LogP contribution is -2.25. The number of aromatic nitrogens is 1. The molecule has 162 valence electrons. The van der Waals surface area contributed by atoms with Crippen LogP contribution in [0.15, 0.2) is 101 Å². The molecule has 0 N–H and O–H groups in total. The smallest absolute Gasteiger partial charge is 0.359 e. The van der Waals surface area contributed by atoms with Crippen molar-refractivity contribution in [2.45, 2.75) is 28.7 Å². The van der Waals surface area contributed by atoms with Crippen molar-refractivity contribution in [2.24, 2.45) is 0 Å². The summed E-state index contributed by atoms with van der Waals surface area (Å²) in [5.74, 6) is -0.356. The van der Waals surface area contributed by atoms with Gasteiger partial charge in [-0.1, -0.05) is 116 Å². The first-order valence-corrected chi connectivity index (χ1v) is 12.4. The Morgan fingerprint density at radius 1 is 0.875 bits per heavy atom.